The average Bonchev–Trinajstić information content (AvgIpc) is 3.29. The summed E-state index contributed by atoms with van der Waals surface area (Å²) in [5.41, 5.74) is 2.93. The molecule has 2 aliphatic rings. The first-order chi connectivity index (χ1) is 13.3. The van der Waals surface area contributed by atoms with Gasteiger partial charge in [-0.2, -0.15) is 0 Å². The zero-order valence-corrected chi connectivity index (χ0v) is 16.4. The van der Waals surface area contributed by atoms with Gasteiger partial charge in [0.1, 0.15) is 0 Å². The molecule has 0 aliphatic heterocycles. The van der Waals surface area contributed by atoms with Crippen LogP contribution in [0.5, 0.6) is 0 Å². The molecule has 3 aromatic rings. The number of hydrogen-bond acceptors (Lipinski definition) is 1. The predicted molar refractivity (Wildman–Crippen MR) is 115 cm³/mol. The molecule has 0 radical (unpaired) electrons. The summed E-state index contributed by atoms with van der Waals surface area (Å²) in [6.07, 6.45) is 5.24. The largest absolute Gasteiger partial charge is 0.392 e. The maximum absolute atomic E-state index is 11.0. The predicted octanol–water partition coefficient (Wildman–Crippen LogP) is 4.17. The minimum absolute atomic E-state index is 0.0178. The smallest absolute Gasteiger partial charge is 0.0637 e. The zero-order valence-electron chi connectivity index (χ0n) is 15.5. The Hall–Kier alpha value is -1.95. The highest BCUT2D eigenvalue weighted by Gasteiger charge is 2.49. The van der Waals surface area contributed by atoms with Gasteiger partial charge in [-0.25, -0.2) is 0 Å². The molecule has 0 aromatic heterocycles. The second-order valence-electron chi connectivity index (χ2n) is 7.88. The van der Waals surface area contributed by atoms with Crippen molar-refractivity contribution in [2.75, 3.05) is 0 Å². The summed E-state index contributed by atoms with van der Waals surface area (Å²) in [4.78, 5) is 0. The summed E-state index contributed by atoms with van der Waals surface area (Å²) in [5.74, 6) is 0. The summed E-state index contributed by atoms with van der Waals surface area (Å²) < 4.78 is 0. The summed E-state index contributed by atoms with van der Waals surface area (Å²) >= 11 is 0. The van der Waals surface area contributed by atoms with Gasteiger partial charge in [-0.3, -0.25) is 0 Å². The molecule has 2 atom stereocenters. The molecule has 2 aliphatic carbocycles. The number of aryl methyl sites for hydroxylation is 1. The highest BCUT2D eigenvalue weighted by molar-refractivity contribution is 7.79. The van der Waals surface area contributed by atoms with Gasteiger partial charge in [0.05, 0.1) is 6.10 Å². The van der Waals surface area contributed by atoms with E-state index in [2.05, 4.69) is 78.9 Å². The van der Waals surface area contributed by atoms with Gasteiger partial charge in [0.25, 0.3) is 0 Å². The molecule has 1 nitrogen and oxygen atoms in total. The first kappa shape index (κ1) is 17.2. The summed E-state index contributed by atoms with van der Waals surface area (Å²) in [5, 5.41) is 15.2. The number of fused-ring (bicyclic) bond motifs is 2. The van der Waals surface area contributed by atoms with Gasteiger partial charge >= 0.3 is 0 Å². The van der Waals surface area contributed by atoms with E-state index >= 15 is 0 Å². The van der Waals surface area contributed by atoms with Crippen LogP contribution in [0.1, 0.15) is 36.8 Å². The molecular weight excluding hydrogens is 347 g/mol. The van der Waals surface area contributed by atoms with Crippen LogP contribution < -0.4 is 15.9 Å². The minimum atomic E-state index is -0.621. The number of aliphatic hydroxyl groups is 1. The Balaban J connectivity index is 1.74. The van der Waals surface area contributed by atoms with Crippen molar-refractivity contribution in [3.63, 3.8) is 0 Å². The second-order valence-corrected chi connectivity index (χ2v) is 10.1. The fourth-order valence-electron chi connectivity index (χ4n) is 5.26. The van der Waals surface area contributed by atoms with E-state index in [0.717, 1.165) is 32.1 Å². The molecule has 1 fully saturated rings. The van der Waals surface area contributed by atoms with Gasteiger partial charge < -0.3 is 5.11 Å². The van der Waals surface area contributed by atoms with Gasteiger partial charge in [0.15, 0.2) is 0 Å². The second kappa shape index (κ2) is 6.89. The topological polar surface area (TPSA) is 20.2 Å². The molecule has 0 amide bonds. The third kappa shape index (κ3) is 2.76. The minimum Gasteiger partial charge on any atom is -0.392 e. The standard InChI is InChI=1S/C25H25OP/c26-23-15-8-17-25(23)18-16-19-9-7-14-22(24(19)25)27(20-10-3-1-4-11-20)21-12-5-2-6-13-21/h1-7,9-14,23,26H,8,15-18H2. The van der Waals surface area contributed by atoms with E-state index in [9.17, 15) is 5.11 Å². The first-order valence-corrected chi connectivity index (χ1v) is 11.3. The molecule has 0 saturated heterocycles. The molecule has 1 N–H and O–H groups in total. The third-order valence-corrected chi connectivity index (χ3v) is 8.96. The molecule has 3 aromatic carbocycles. The zero-order chi connectivity index (χ0) is 18.3. The number of hydrogen-bond donors (Lipinski definition) is 1. The molecule has 0 heterocycles. The quantitative estimate of drug-likeness (QED) is 0.684. The molecule has 27 heavy (non-hydrogen) atoms. The highest BCUT2D eigenvalue weighted by atomic mass is 31.1. The van der Waals surface area contributed by atoms with Crippen molar-refractivity contribution in [3.05, 3.63) is 90.0 Å². The highest BCUT2D eigenvalue weighted by Crippen LogP contribution is 2.52. The van der Waals surface area contributed by atoms with Crippen LogP contribution in [0.4, 0.5) is 0 Å². The van der Waals surface area contributed by atoms with Gasteiger partial charge in [-0.05, 0) is 67.1 Å². The Bertz CT molecular complexity index is 898. The molecule has 0 bridgehead atoms. The Labute approximate surface area is 162 Å². The van der Waals surface area contributed by atoms with Crippen LogP contribution in [0, 0.1) is 0 Å². The van der Waals surface area contributed by atoms with Crippen LogP contribution in [0.2, 0.25) is 0 Å². The lowest BCUT2D eigenvalue weighted by atomic mass is 9.78. The van der Waals surface area contributed by atoms with E-state index in [0.29, 0.717) is 0 Å². The van der Waals surface area contributed by atoms with E-state index in [1.165, 1.54) is 27.0 Å². The van der Waals surface area contributed by atoms with Crippen molar-refractivity contribution < 1.29 is 5.11 Å². The van der Waals surface area contributed by atoms with Crippen LogP contribution in [0.25, 0.3) is 0 Å². The van der Waals surface area contributed by atoms with Crippen molar-refractivity contribution in [2.24, 2.45) is 0 Å². The molecule has 5 rings (SSSR count). The van der Waals surface area contributed by atoms with Crippen LogP contribution in [-0.4, -0.2) is 11.2 Å². The lowest BCUT2D eigenvalue weighted by Crippen LogP contribution is -2.37. The monoisotopic (exact) mass is 372 g/mol. The van der Waals surface area contributed by atoms with E-state index in [-0.39, 0.29) is 11.5 Å². The van der Waals surface area contributed by atoms with Crippen LogP contribution in [0.15, 0.2) is 78.9 Å². The SMILES string of the molecule is OC1CCCC12CCc1cccc(P(c3ccccc3)c3ccccc3)c12. The van der Waals surface area contributed by atoms with Crippen molar-refractivity contribution in [1.82, 2.24) is 0 Å². The summed E-state index contributed by atoms with van der Waals surface area (Å²) in [6, 6.07) is 28.7. The lowest BCUT2D eigenvalue weighted by Gasteiger charge is -2.33. The summed E-state index contributed by atoms with van der Waals surface area (Å²) in [6.45, 7) is 0. The molecule has 1 saturated carbocycles. The van der Waals surface area contributed by atoms with Gasteiger partial charge in [0, 0.05) is 5.41 Å². The van der Waals surface area contributed by atoms with E-state index in [1.807, 2.05) is 0 Å². The lowest BCUT2D eigenvalue weighted by molar-refractivity contribution is 0.107. The third-order valence-electron chi connectivity index (χ3n) is 6.48. The molecule has 136 valence electrons. The fraction of sp³-hybridized carbons (Fsp3) is 0.280. The molecular formula is C25H25OP. The Morgan fingerprint density at radius 3 is 2.04 bits per heavy atom. The Morgan fingerprint density at radius 1 is 0.778 bits per heavy atom. The van der Waals surface area contributed by atoms with E-state index in [4.69, 9.17) is 0 Å². The Kier molecular flexibility index (Phi) is 4.38. The average molecular weight is 372 g/mol. The van der Waals surface area contributed by atoms with Crippen LogP contribution in [0.3, 0.4) is 0 Å². The van der Waals surface area contributed by atoms with Gasteiger partial charge in [-0.15, -0.1) is 0 Å². The Morgan fingerprint density at radius 2 is 1.44 bits per heavy atom. The first-order valence-electron chi connectivity index (χ1n) is 10.0. The fourth-order valence-corrected chi connectivity index (χ4v) is 7.88. The maximum atomic E-state index is 11.0. The molecule has 1 spiro atoms. The van der Waals surface area contributed by atoms with Crippen molar-refractivity contribution in [2.45, 2.75) is 43.6 Å². The van der Waals surface area contributed by atoms with Crippen LogP contribution >= 0.6 is 7.92 Å². The normalized spacial score (nSPS) is 23.9. The van der Waals surface area contributed by atoms with Crippen LogP contribution in [-0.2, 0) is 11.8 Å². The van der Waals surface area contributed by atoms with Gasteiger partial charge in [0.2, 0.25) is 0 Å². The maximum Gasteiger partial charge on any atom is 0.0637 e. The molecule has 2 unspecified atom stereocenters. The van der Waals surface area contributed by atoms with Crippen molar-refractivity contribution >= 4 is 23.8 Å². The number of benzene rings is 3. The molecule has 2 heteroatoms. The summed E-state index contributed by atoms with van der Waals surface area (Å²) in [7, 11) is -0.621. The van der Waals surface area contributed by atoms with Crippen molar-refractivity contribution in [3.8, 4) is 0 Å². The van der Waals surface area contributed by atoms with E-state index < -0.39 is 7.92 Å². The van der Waals surface area contributed by atoms with Crippen molar-refractivity contribution in [1.29, 1.82) is 0 Å². The van der Waals surface area contributed by atoms with Gasteiger partial charge in [-0.1, -0.05) is 78.9 Å². The number of rotatable bonds is 3. The number of aliphatic hydroxyl groups excluding tert-OH is 1. The van der Waals surface area contributed by atoms with E-state index in [1.54, 1.807) is 0 Å².